The van der Waals surface area contributed by atoms with Crippen molar-refractivity contribution in [3.8, 4) is 0 Å². The van der Waals surface area contributed by atoms with Gasteiger partial charge in [-0.05, 0) is 11.6 Å². The Kier molecular flexibility index (Phi) is 4.94. The van der Waals surface area contributed by atoms with Crippen molar-refractivity contribution >= 4 is 17.3 Å². The first kappa shape index (κ1) is 15.8. The third-order valence-electron chi connectivity index (χ3n) is 2.59. The van der Waals surface area contributed by atoms with Crippen molar-refractivity contribution in [3.05, 3.63) is 33.6 Å². The lowest BCUT2D eigenvalue weighted by molar-refractivity contribution is -0.384. The highest BCUT2D eigenvalue weighted by molar-refractivity contribution is 5.72. The number of nitrogen functional groups attached to an aromatic ring is 1. The Morgan fingerprint density at radius 1 is 1.55 bits per heavy atom. The van der Waals surface area contributed by atoms with E-state index in [9.17, 15) is 29.5 Å². The van der Waals surface area contributed by atoms with Gasteiger partial charge in [-0.25, -0.2) is 4.39 Å². The smallest absolute Gasteiger partial charge is 0.295 e. The molecule has 5 N–H and O–H groups in total. The fraction of sp³-hybridized carbons (Fsp3) is 0.364. The van der Waals surface area contributed by atoms with E-state index >= 15 is 0 Å². The Morgan fingerprint density at radius 2 is 2.15 bits per heavy atom. The molecule has 1 amide bonds. The average molecular weight is 287 g/mol. The van der Waals surface area contributed by atoms with Gasteiger partial charge < -0.3 is 21.3 Å². The van der Waals surface area contributed by atoms with Crippen LogP contribution in [0, 0.1) is 15.9 Å². The Morgan fingerprint density at radius 3 is 2.65 bits per heavy atom. The first-order chi connectivity index (χ1) is 9.23. The molecule has 2 atom stereocenters. The van der Waals surface area contributed by atoms with Crippen molar-refractivity contribution < 1.29 is 24.3 Å². The number of amides is 1. The second-order valence-electron chi connectivity index (χ2n) is 4.14. The van der Waals surface area contributed by atoms with Crippen LogP contribution in [0.25, 0.3) is 0 Å². The van der Waals surface area contributed by atoms with Gasteiger partial charge in [0.2, 0.25) is 5.91 Å². The molecule has 0 fully saturated rings. The maximum absolute atomic E-state index is 13.4. The van der Waals surface area contributed by atoms with Crippen LogP contribution in [0.1, 0.15) is 18.6 Å². The summed E-state index contributed by atoms with van der Waals surface area (Å²) in [5.41, 5.74) is 3.65. The number of aliphatic hydroxyl groups is 2. The number of nitro benzene ring substituents is 1. The van der Waals surface area contributed by atoms with Crippen molar-refractivity contribution in [2.24, 2.45) is 0 Å². The minimum absolute atomic E-state index is 0.207. The van der Waals surface area contributed by atoms with Gasteiger partial charge in [-0.2, -0.15) is 0 Å². The zero-order valence-corrected chi connectivity index (χ0v) is 10.5. The molecule has 0 heterocycles. The van der Waals surface area contributed by atoms with E-state index in [1.807, 2.05) is 0 Å². The second kappa shape index (κ2) is 6.26. The fourth-order valence-corrected chi connectivity index (χ4v) is 1.53. The molecule has 0 aliphatic carbocycles. The van der Waals surface area contributed by atoms with E-state index in [1.54, 1.807) is 0 Å². The molecule has 9 heteroatoms. The summed E-state index contributed by atoms with van der Waals surface area (Å²) < 4.78 is 13.4. The SMILES string of the molecule is CC(=O)NCC(O)C(O)c1cc(F)c(N)c([N+](=O)[O-])c1. The van der Waals surface area contributed by atoms with Crippen LogP contribution in [0.3, 0.4) is 0 Å². The van der Waals surface area contributed by atoms with Crippen LogP contribution in [0.2, 0.25) is 0 Å². The molecule has 0 spiro atoms. The highest BCUT2D eigenvalue weighted by Gasteiger charge is 2.24. The quantitative estimate of drug-likeness (QED) is 0.337. The number of anilines is 1. The summed E-state index contributed by atoms with van der Waals surface area (Å²) in [6, 6.07) is 1.67. The topological polar surface area (TPSA) is 139 Å². The molecular weight excluding hydrogens is 273 g/mol. The zero-order valence-electron chi connectivity index (χ0n) is 10.5. The van der Waals surface area contributed by atoms with Crippen molar-refractivity contribution in [1.82, 2.24) is 5.32 Å². The predicted octanol–water partition coefficient (Wildman–Crippen LogP) is -0.154. The van der Waals surface area contributed by atoms with Crippen LogP contribution in [-0.4, -0.2) is 33.7 Å². The lowest BCUT2D eigenvalue weighted by atomic mass is 10.0. The number of hydrogen-bond donors (Lipinski definition) is 4. The van der Waals surface area contributed by atoms with Gasteiger partial charge in [0.15, 0.2) is 5.82 Å². The van der Waals surface area contributed by atoms with Crippen LogP contribution in [-0.2, 0) is 4.79 Å². The number of nitrogens with zero attached hydrogens (tertiary/aromatic N) is 1. The Balaban J connectivity index is 3.01. The molecule has 0 radical (unpaired) electrons. The zero-order chi connectivity index (χ0) is 15.4. The molecule has 0 aliphatic heterocycles. The van der Waals surface area contributed by atoms with E-state index in [4.69, 9.17) is 5.73 Å². The molecule has 2 unspecified atom stereocenters. The molecule has 0 aromatic heterocycles. The summed E-state index contributed by atoms with van der Waals surface area (Å²) in [7, 11) is 0. The standard InChI is InChI=1S/C11H14FN3O5/c1-5(16)14-4-9(17)11(18)6-2-7(12)10(13)8(3-6)15(19)20/h2-3,9,11,17-18H,4,13H2,1H3,(H,14,16). The van der Waals surface area contributed by atoms with E-state index < -0.39 is 40.2 Å². The van der Waals surface area contributed by atoms with Crippen molar-refractivity contribution in [3.63, 3.8) is 0 Å². The lowest BCUT2D eigenvalue weighted by Crippen LogP contribution is -2.34. The lowest BCUT2D eigenvalue weighted by Gasteiger charge is -2.18. The third kappa shape index (κ3) is 3.62. The van der Waals surface area contributed by atoms with Gasteiger partial charge in [0, 0.05) is 19.5 Å². The van der Waals surface area contributed by atoms with Crippen molar-refractivity contribution in [2.45, 2.75) is 19.1 Å². The maximum atomic E-state index is 13.4. The molecule has 1 aromatic carbocycles. The van der Waals surface area contributed by atoms with Gasteiger partial charge >= 0.3 is 0 Å². The van der Waals surface area contributed by atoms with Crippen LogP contribution in [0.5, 0.6) is 0 Å². The summed E-state index contributed by atoms with van der Waals surface area (Å²) in [4.78, 5) is 20.5. The Hall–Kier alpha value is -2.26. The number of halogens is 1. The molecule has 8 nitrogen and oxygen atoms in total. The number of nitro groups is 1. The molecule has 0 saturated heterocycles. The Bertz CT molecular complexity index is 537. The van der Waals surface area contributed by atoms with Gasteiger partial charge in [-0.3, -0.25) is 14.9 Å². The molecule has 1 aromatic rings. The largest absolute Gasteiger partial charge is 0.391 e. The number of carbonyl (C=O) groups excluding carboxylic acids is 1. The summed E-state index contributed by atoms with van der Waals surface area (Å²) >= 11 is 0. The highest BCUT2D eigenvalue weighted by Crippen LogP contribution is 2.29. The number of nitrogens with one attached hydrogen (secondary N) is 1. The molecular formula is C11H14FN3O5. The predicted molar refractivity (Wildman–Crippen MR) is 67.1 cm³/mol. The summed E-state index contributed by atoms with van der Waals surface area (Å²) in [6.45, 7) is 0.934. The maximum Gasteiger partial charge on any atom is 0.295 e. The molecule has 110 valence electrons. The van der Waals surface area contributed by atoms with Crippen LogP contribution < -0.4 is 11.1 Å². The van der Waals surface area contributed by atoms with E-state index in [1.165, 1.54) is 6.92 Å². The van der Waals surface area contributed by atoms with Crippen molar-refractivity contribution in [1.29, 1.82) is 0 Å². The van der Waals surface area contributed by atoms with E-state index in [0.717, 1.165) is 12.1 Å². The minimum atomic E-state index is -1.60. The van der Waals surface area contributed by atoms with Crippen LogP contribution >= 0.6 is 0 Å². The summed E-state index contributed by atoms with van der Waals surface area (Å²) in [5.74, 6) is -1.49. The number of aliphatic hydroxyl groups excluding tert-OH is 2. The minimum Gasteiger partial charge on any atom is -0.391 e. The summed E-state index contributed by atoms with van der Waals surface area (Å²) in [5, 5.41) is 32.4. The van der Waals surface area contributed by atoms with Crippen LogP contribution in [0.15, 0.2) is 12.1 Å². The van der Waals surface area contributed by atoms with Crippen molar-refractivity contribution in [2.75, 3.05) is 12.3 Å². The molecule has 0 aliphatic rings. The van der Waals surface area contributed by atoms with E-state index in [0.29, 0.717) is 0 Å². The highest BCUT2D eigenvalue weighted by atomic mass is 19.1. The Labute approximate surface area is 113 Å². The van der Waals surface area contributed by atoms with Gasteiger partial charge in [0.05, 0.1) is 4.92 Å². The van der Waals surface area contributed by atoms with Gasteiger partial charge in [-0.15, -0.1) is 0 Å². The van der Waals surface area contributed by atoms with E-state index in [-0.39, 0.29) is 12.1 Å². The third-order valence-corrected chi connectivity index (χ3v) is 2.59. The van der Waals surface area contributed by atoms with Gasteiger partial charge in [0.1, 0.15) is 17.9 Å². The fourth-order valence-electron chi connectivity index (χ4n) is 1.53. The van der Waals surface area contributed by atoms with E-state index in [2.05, 4.69) is 5.32 Å². The average Bonchev–Trinajstić information content (AvgIpc) is 2.37. The number of hydrogen-bond acceptors (Lipinski definition) is 6. The molecule has 20 heavy (non-hydrogen) atoms. The molecule has 0 bridgehead atoms. The van der Waals surface area contributed by atoms with Crippen LogP contribution in [0.4, 0.5) is 15.8 Å². The second-order valence-corrected chi connectivity index (χ2v) is 4.14. The number of nitrogens with two attached hydrogens (primary N) is 1. The molecule has 1 rings (SSSR count). The number of rotatable bonds is 5. The monoisotopic (exact) mass is 287 g/mol. The first-order valence-corrected chi connectivity index (χ1v) is 5.58. The number of benzene rings is 1. The summed E-state index contributed by atoms with van der Waals surface area (Å²) in [6.07, 6.45) is -3.04. The number of carbonyl (C=O) groups is 1. The van der Waals surface area contributed by atoms with Gasteiger partial charge in [-0.1, -0.05) is 0 Å². The first-order valence-electron chi connectivity index (χ1n) is 5.58. The van der Waals surface area contributed by atoms with Gasteiger partial charge in [0.25, 0.3) is 5.69 Å². The molecule has 0 saturated carbocycles. The normalized spacial score (nSPS) is 13.6.